The fraction of sp³-hybridized carbons (Fsp3) is 0.400. The number of carbonyl (C=O) groups is 1. The smallest absolute Gasteiger partial charge is 0.229 e. The summed E-state index contributed by atoms with van der Waals surface area (Å²) in [5.41, 5.74) is 1.73. The lowest BCUT2D eigenvalue weighted by molar-refractivity contribution is -0.115. The first-order valence-electron chi connectivity index (χ1n) is 7.20. The van der Waals surface area contributed by atoms with Crippen molar-refractivity contribution in [2.24, 2.45) is 0 Å². The zero-order valence-corrected chi connectivity index (χ0v) is 12.3. The predicted octanol–water partition coefficient (Wildman–Crippen LogP) is 1.85. The van der Waals surface area contributed by atoms with E-state index < -0.39 is 0 Å². The Hall–Kier alpha value is -2.41. The number of nitrogens with one attached hydrogen (secondary N) is 2. The largest absolute Gasteiger partial charge is 0.481 e. The van der Waals surface area contributed by atoms with Gasteiger partial charge in [-0.2, -0.15) is 5.10 Å². The van der Waals surface area contributed by atoms with Crippen LogP contribution >= 0.6 is 0 Å². The van der Waals surface area contributed by atoms with E-state index in [1.54, 1.807) is 25.4 Å². The molecule has 1 saturated heterocycles. The topological polar surface area (TPSA) is 89.1 Å². The van der Waals surface area contributed by atoms with Crippen LogP contribution in [0.5, 0.6) is 5.88 Å². The number of methoxy groups -OCH3 is 1. The van der Waals surface area contributed by atoms with Gasteiger partial charge in [-0.15, -0.1) is 0 Å². The van der Waals surface area contributed by atoms with Crippen molar-refractivity contribution in [3.8, 4) is 5.88 Å². The van der Waals surface area contributed by atoms with Crippen molar-refractivity contribution in [2.45, 2.75) is 25.4 Å². The molecular weight excluding hydrogens is 284 g/mol. The Bertz CT molecular complexity index is 650. The Labute approximate surface area is 128 Å². The second-order valence-electron chi connectivity index (χ2n) is 5.14. The minimum atomic E-state index is -0.140. The maximum Gasteiger partial charge on any atom is 0.229 e. The number of nitrogens with zero attached hydrogens (tertiary/aromatic N) is 2. The average Bonchev–Trinajstić information content (AvgIpc) is 3.18. The van der Waals surface area contributed by atoms with E-state index in [1.807, 2.05) is 6.07 Å². The number of amides is 1. The van der Waals surface area contributed by atoms with Gasteiger partial charge in [0.15, 0.2) is 5.82 Å². The first kappa shape index (κ1) is 14.5. The van der Waals surface area contributed by atoms with Crippen molar-refractivity contribution in [1.29, 1.82) is 0 Å². The predicted molar refractivity (Wildman–Crippen MR) is 79.6 cm³/mol. The van der Waals surface area contributed by atoms with Gasteiger partial charge in [0.25, 0.3) is 0 Å². The van der Waals surface area contributed by atoms with E-state index in [0.29, 0.717) is 11.7 Å². The van der Waals surface area contributed by atoms with Crippen LogP contribution in [0.1, 0.15) is 30.2 Å². The van der Waals surface area contributed by atoms with E-state index in [0.717, 1.165) is 30.7 Å². The second kappa shape index (κ2) is 6.57. The fourth-order valence-corrected chi connectivity index (χ4v) is 2.43. The number of ether oxygens (including phenoxy) is 2. The van der Waals surface area contributed by atoms with Crippen molar-refractivity contribution in [1.82, 2.24) is 15.2 Å². The molecule has 22 heavy (non-hydrogen) atoms. The maximum atomic E-state index is 12.1. The summed E-state index contributed by atoms with van der Waals surface area (Å²) >= 11 is 0. The zero-order valence-electron chi connectivity index (χ0n) is 12.3. The van der Waals surface area contributed by atoms with Gasteiger partial charge in [0.2, 0.25) is 11.8 Å². The third-order valence-electron chi connectivity index (χ3n) is 3.51. The highest BCUT2D eigenvalue weighted by Gasteiger charge is 2.20. The summed E-state index contributed by atoms with van der Waals surface area (Å²) in [6.45, 7) is 0.773. The van der Waals surface area contributed by atoms with E-state index in [9.17, 15) is 4.79 Å². The molecule has 116 valence electrons. The van der Waals surface area contributed by atoms with E-state index in [4.69, 9.17) is 9.47 Å². The highest BCUT2D eigenvalue weighted by molar-refractivity contribution is 5.91. The molecule has 1 fully saturated rings. The molecule has 0 spiro atoms. The van der Waals surface area contributed by atoms with Crippen LogP contribution in [0, 0.1) is 0 Å². The Balaban J connectivity index is 1.59. The van der Waals surface area contributed by atoms with E-state index >= 15 is 0 Å². The molecule has 1 atom stereocenters. The van der Waals surface area contributed by atoms with Gasteiger partial charge in [0.05, 0.1) is 25.3 Å². The van der Waals surface area contributed by atoms with Crippen molar-refractivity contribution in [2.75, 3.05) is 19.0 Å². The molecule has 1 aliphatic rings. The summed E-state index contributed by atoms with van der Waals surface area (Å²) < 4.78 is 10.6. The number of pyridine rings is 1. The molecule has 2 aromatic heterocycles. The summed E-state index contributed by atoms with van der Waals surface area (Å²) in [5.74, 6) is 0.862. The van der Waals surface area contributed by atoms with Crippen LogP contribution in [-0.2, 0) is 16.0 Å². The lowest BCUT2D eigenvalue weighted by Gasteiger charge is -2.05. The van der Waals surface area contributed by atoms with E-state index in [1.165, 1.54) is 0 Å². The molecule has 0 saturated carbocycles. The maximum absolute atomic E-state index is 12.1. The molecule has 3 heterocycles. The number of hydrogen-bond donors (Lipinski definition) is 2. The first-order valence-corrected chi connectivity index (χ1v) is 7.20. The molecule has 7 heteroatoms. The molecule has 0 radical (unpaired) electrons. The summed E-state index contributed by atoms with van der Waals surface area (Å²) in [4.78, 5) is 16.1. The Morgan fingerprint density at radius 2 is 2.45 bits per heavy atom. The average molecular weight is 302 g/mol. The molecule has 2 aromatic rings. The molecule has 2 N–H and O–H groups in total. The van der Waals surface area contributed by atoms with Gasteiger partial charge in [0, 0.05) is 24.9 Å². The summed E-state index contributed by atoms with van der Waals surface area (Å²) in [6.07, 6.45) is 3.94. The highest BCUT2D eigenvalue weighted by atomic mass is 16.5. The van der Waals surface area contributed by atoms with Crippen molar-refractivity contribution >= 4 is 11.7 Å². The monoisotopic (exact) mass is 302 g/mol. The number of anilines is 1. The SMILES string of the molecule is COc1cc(CC(=O)Nc2cc([C@@H]3CCCO3)[nH]n2)ccn1. The normalized spacial score (nSPS) is 17.4. The molecule has 1 amide bonds. The number of H-pyrrole nitrogens is 1. The van der Waals surface area contributed by atoms with Gasteiger partial charge in [-0.3, -0.25) is 9.89 Å². The lowest BCUT2D eigenvalue weighted by atomic mass is 10.2. The van der Waals surface area contributed by atoms with Crippen molar-refractivity contribution in [3.05, 3.63) is 35.7 Å². The van der Waals surface area contributed by atoms with E-state index in [-0.39, 0.29) is 18.4 Å². The first-order chi connectivity index (χ1) is 10.7. The zero-order chi connectivity index (χ0) is 15.4. The van der Waals surface area contributed by atoms with Gasteiger partial charge < -0.3 is 14.8 Å². The quantitative estimate of drug-likeness (QED) is 0.879. The summed E-state index contributed by atoms with van der Waals surface area (Å²) in [5, 5.41) is 9.79. The molecule has 3 rings (SSSR count). The van der Waals surface area contributed by atoms with Crippen LogP contribution < -0.4 is 10.1 Å². The Kier molecular flexibility index (Phi) is 4.34. The summed E-state index contributed by atoms with van der Waals surface area (Å²) in [7, 11) is 1.54. The van der Waals surface area contributed by atoms with Gasteiger partial charge in [-0.25, -0.2) is 4.98 Å². The molecule has 0 aliphatic carbocycles. The number of hydrogen-bond acceptors (Lipinski definition) is 5. The number of rotatable bonds is 5. The van der Waals surface area contributed by atoms with Crippen LogP contribution in [0.25, 0.3) is 0 Å². The van der Waals surface area contributed by atoms with Gasteiger partial charge >= 0.3 is 0 Å². The van der Waals surface area contributed by atoms with Crippen molar-refractivity contribution in [3.63, 3.8) is 0 Å². The van der Waals surface area contributed by atoms with Crippen LogP contribution in [0.2, 0.25) is 0 Å². The third kappa shape index (κ3) is 3.43. The Morgan fingerprint density at radius 1 is 1.55 bits per heavy atom. The van der Waals surface area contributed by atoms with Crippen LogP contribution in [0.3, 0.4) is 0 Å². The summed E-state index contributed by atoms with van der Waals surface area (Å²) in [6, 6.07) is 5.34. The molecule has 0 aromatic carbocycles. The molecule has 0 bridgehead atoms. The van der Waals surface area contributed by atoms with Crippen LogP contribution in [-0.4, -0.2) is 34.8 Å². The number of aromatic amines is 1. The Morgan fingerprint density at radius 3 is 3.23 bits per heavy atom. The molecule has 1 aliphatic heterocycles. The molecular formula is C15H18N4O3. The standard InChI is InChI=1S/C15H18N4O3/c1-21-15-8-10(4-5-16-15)7-14(20)17-13-9-11(18-19-13)12-3-2-6-22-12/h4-5,8-9,12H,2-3,6-7H2,1H3,(H2,17,18,19,20)/t12-/m0/s1. The van der Waals surface area contributed by atoms with Gasteiger partial charge in [-0.1, -0.05) is 0 Å². The number of aromatic nitrogens is 3. The fourth-order valence-electron chi connectivity index (χ4n) is 2.43. The minimum absolute atomic E-state index is 0.0580. The van der Waals surface area contributed by atoms with Crippen molar-refractivity contribution < 1.29 is 14.3 Å². The second-order valence-corrected chi connectivity index (χ2v) is 5.14. The van der Waals surface area contributed by atoms with Crippen LogP contribution in [0.15, 0.2) is 24.4 Å². The van der Waals surface area contributed by atoms with Crippen LogP contribution in [0.4, 0.5) is 5.82 Å². The van der Waals surface area contributed by atoms with Gasteiger partial charge in [0.1, 0.15) is 0 Å². The van der Waals surface area contributed by atoms with Gasteiger partial charge in [-0.05, 0) is 24.5 Å². The molecule has 0 unspecified atom stereocenters. The highest BCUT2D eigenvalue weighted by Crippen LogP contribution is 2.28. The molecule has 7 nitrogen and oxygen atoms in total. The number of carbonyl (C=O) groups excluding carboxylic acids is 1. The lowest BCUT2D eigenvalue weighted by Crippen LogP contribution is -2.14. The van der Waals surface area contributed by atoms with E-state index in [2.05, 4.69) is 20.5 Å². The third-order valence-corrected chi connectivity index (χ3v) is 3.51. The minimum Gasteiger partial charge on any atom is -0.481 e.